The fourth-order valence-electron chi connectivity index (χ4n) is 1.83. The van der Waals surface area contributed by atoms with Gasteiger partial charge >= 0.3 is 0 Å². The summed E-state index contributed by atoms with van der Waals surface area (Å²) < 4.78 is 10.4. The van der Waals surface area contributed by atoms with Crippen LogP contribution >= 0.6 is 11.8 Å². The third kappa shape index (κ3) is 3.11. The first kappa shape index (κ1) is 13.0. The van der Waals surface area contributed by atoms with E-state index in [9.17, 15) is 4.79 Å². The molecule has 1 aliphatic heterocycles. The predicted molar refractivity (Wildman–Crippen MR) is 75.1 cm³/mol. The Kier molecular flexibility index (Phi) is 3.87. The Balaban J connectivity index is 1.61. The van der Waals surface area contributed by atoms with Crippen LogP contribution in [0.3, 0.4) is 0 Å². The molecule has 1 N–H and O–H groups in total. The van der Waals surface area contributed by atoms with Crippen LogP contribution in [0.4, 0.5) is 5.82 Å². The highest BCUT2D eigenvalue weighted by atomic mass is 32.2. The average molecular weight is 291 g/mol. The zero-order valence-electron chi connectivity index (χ0n) is 10.6. The topological polar surface area (TPSA) is 77.2 Å². The number of nitrogens with one attached hydrogen (secondary N) is 1. The molecular weight excluding hydrogens is 278 g/mol. The largest absolute Gasteiger partial charge is 0.473 e. The fourth-order valence-corrected chi connectivity index (χ4v) is 2.92. The molecule has 0 bridgehead atoms. The van der Waals surface area contributed by atoms with E-state index in [0.29, 0.717) is 17.3 Å². The van der Waals surface area contributed by atoms with Crippen LogP contribution in [0.25, 0.3) is 0 Å². The summed E-state index contributed by atoms with van der Waals surface area (Å²) >= 11 is 1.88. The van der Waals surface area contributed by atoms with E-state index in [4.69, 9.17) is 4.74 Å². The third-order valence-electron chi connectivity index (χ3n) is 2.85. The van der Waals surface area contributed by atoms with Gasteiger partial charge in [-0.1, -0.05) is 5.16 Å². The summed E-state index contributed by atoms with van der Waals surface area (Å²) in [6.45, 7) is 0. The lowest BCUT2D eigenvalue weighted by Gasteiger charge is -2.11. The lowest BCUT2D eigenvalue weighted by molar-refractivity contribution is 0.102. The highest BCUT2D eigenvalue weighted by molar-refractivity contribution is 7.99. The summed E-state index contributed by atoms with van der Waals surface area (Å²) in [6.07, 6.45) is 4.15. The highest BCUT2D eigenvalue weighted by Crippen LogP contribution is 2.22. The molecule has 0 aromatic carbocycles. The number of carbonyl (C=O) groups excluding carboxylic acids is 1. The molecule has 3 rings (SSSR count). The highest BCUT2D eigenvalue weighted by Gasteiger charge is 2.17. The zero-order valence-corrected chi connectivity index (χ0v) is 11.4. The molecule has 2 aromatic rings. The van der Waals surface area contributed by atoms with Crippen molar-refractivity contribution in [1.82, 2.24) is 10.1 Å². The molecule has 3 heterocycles. The zero-order chi connectivity index (χ0) is 13.8. The Morgan fingerprint density at radius 1 is 1.45 bits per heavy atom. The second-order valence-electron chi connectivity index (χ2n) is 4.33. The maximum absolute atomic E-state index is 11.9. The van der Waals surface area contributed by atoms with Gasteiger partial charge in [-0.25, -0.2) is 4.98 Å². The molecule has 0 saturated carbocycles. The average Bonchev–Trinajstić information content (AvgIpc) is 3.13. The van der Waals surface area contributed by atoms with E-state index in [1.165, 1.54) is 12.5 Å². The number of anilines is 1. The van der Waals surface area contributed by atoms with Crippen LogP contribution in [-0.2, 0) is 0 Å². The summed E-state index contributed by atoms with van der Waals surface area (Å²) in [5.74, 6) is 2.77. The van der Waals surface area contributed by atoms with Gasteiger partial charge in [-0.2, -0.15) is 11.8 Å². The van der Waals surface area contributed by atoms with Crippen molar-refractivity contribution in [2.24, 2.45) is 0 Å². The van der Waals surface area contributed by atoms with Crippen molar-refractivity contribution in [2.75, 3.05) is 16.8 Å². The molecule has 1 atom stereocenters. The van der Waals surface area contributed by atoms with Crippen molar-refractivity contribution < 1.29 is 14.1 Å². The Labute approximate surface area is 119 Å². The number of thioether (sulfide) groups is 1. The molecule has 1 amide bonds. The van der Waals surface area contributed by atoms with Crippen LogP contribution in [0, 0.1) is 0 Å². The first-order chi connectivity index (χ1) is 9.81. The molecule has 104 valence electrons. The minimum atomic E-state index is -0.283. The normalized spacial score (nSPS) is 17.9. The Morgan fingerprint density at radius 2 is 2.40 bits per heavy atom. The molecule has 2 aromatic heterocycles. The predicted octanol–water partition coefficient (Wildman–Crippen LogP) is 2.21. The summed E-state index contributed by atoms with van der Waals surface area (Å²) in [7, 11) is 0. The van der Waals surface area contributed by atoms with Gasteiger partial charge in [-0.3, -0.25) is 4.79 Å². The maximum atomic E-state index is 11.9. The maximum Gasteiger partial charge on any atom is 0.258 e. The van der Waals surface area contributed by atoms with Crippen LogP contribution in [0.2, 0.25) is 0 Å². The SMILES string of the molecule is O=C(Nc1ccon1)c1ccc(O[C@H]2CCSC2)nc1. The van der Waals surface area contributed by atoms with E-state index in [1.54, 1.807) is 18.2 Å². The Morgan fingerprint density at radius 3 is 3.05 bits per heavy atom. The van der Waals surface area contributed by atoms with Crippen LogP contribution < -0.4 is 10.1 Å². The van der Waals surface area contributed by atoms with Gasteiger partial charge in [0.25, 0.3) is 5.91 Å². The molecule has 6 nitrogen and oxygen atoms in total. The molecule has 0 aliphatic carbocycles. The summed E-state index contributed by atoms with van der Waals surface area (Å²) in [4.78, 5) is 16.0. The van der Waals surface area contributed by atoms with Gasteiger partial charge in [0.15, 0.2) is 5.82 Å². The molecule has 0 radical (unpaired) electrons. The van der Waals surface area contributed by atoms with Crippen LogP contribution in [0.1, 0.15) is 16.8 Å². The number of nitrogens with zero attached hydrogens (tertiary/aromatic N) is 2. The van der Waals surface area contributed by atoms with Gasteiger partial charge in [-0.15, -0.1) is 0 Å². The van der Waals surface area contributed by atoms with Crippen molar-refractivity contribution in [3.8, 4) is 5.88 Å². The smallest absolute Gasteiger partial charge is 0.258 e. The number of aromatic nitrogens is 2. The molecule has 0 spiro atoms. The third-order valence-corrected chi connectivity index (χ3v) is 3.99. The minimum Gasteiger partial charge on any atom is -0.473 e. The van der Waals surface area contributed by atoms with Gasteiger partial charge in [0.2, 0.25) is 5.88 Å². The van der Waals surface area contributed by atoms with E-state index in [1.807, 2.05) is 11.8 Å². The molecular formula is C13H13N3O3S. The van der Waals surface area contributed by atoms with Crippen molar-refractivity contribution in [1.29, 1.82) is 0 Å². The van der Waals surface area contributed by atoms with Crippen LogP contribution in [0.5, 0.6) is 5.88 Å². The van der Waals surface area contributed by atoms with Crippen molar-refractivity contribution in [2.45, 2.75) is 12.5 Å². The number of hydrogen-bond donors (Lipinski definition) is 1. The number of amides is 1. The van der Waals surface area contributed by atoms with Gasteiger partial charge < -0.3 is 14.6 Å². The van der Waals surface area contributed by atoms with Crippen LogP contribution in [-0.4, -0.2) is 33.7 Å². The first-order valence-electron chi connectivity index (χ1n) is 6.23. The molecule has 20 heavy (non-hydrogen) atoms. The summed E-state index contributed by atoms with van der Waals surface area (Å²) in [6, 6.07) is 4.96. The quantitative estimate of drug-likeness (QED) is 0.930. The van der Waals surface area contributed by atoms with E-state index in [-0.39, 0.29) is 12.0 Å². The summed E-state index contributed by atoms with van der Waals surface area (Å²) in [5.41, 5.74) is 0.446. The van der Waals surface area contributed by atoms with Crippen molar-refractivity contribution >= 4 is 23.5 Å². The first-order valence-corrected chi connectivity index (χ1v) is 7.39. The fraction of sp³-hybridized carbons (Fsp3) is 0.308. The number of ether oxygens (including phenoxy) is 1. The Hall–Kier alpha value is -2.02. The molecule has 7 heteroatoms. The number of rotatable bonds is 4. The number of pyridine rings is 1. The minimum absolute atomic E-state index is 0.224. The van der Waals surface area contributed by atoms with E-state index < -0.39 is 0 Å². The van der Waals surface area contributed by atoms with E-state index in [0.717, 1.165) is 17.9 Å². The standard InChI is InChI=1S/C13H13N3O3S/c17-13(15-11-3-5-18-16-11)9-1-2-12(14-7-9)19-10-4-6-20-8-10/h1-3,5,7,10H,4,6,8H2,(H,15,16,17)/t10-/m0/s1. The lowest BCUT2D eigenvalue weighted by Crippen LogP contribution is -2.16. The van der Waals surface area contributed by atoms with Crippen molar-refractivity contribution in [3.05, 3.63) is 36.2 Å². The molecule has 0 unspecified atom stereocenters. The second kappa shape index (κ2) is 5.96. The summed E-state index contributed by atoms with van der Waals surface area (Å²) in [5, 5.41) is 6.22. The van der Waals surface area contributed by atoms with Crippen LogP contribution in [0.15, 0.2) is 35.2 Å². The monoisotopic (exact) mass is 291 g/mol. The van der Waals surface area contributed by atoms with Crippen molar-refractivity contribution in [3.63, 3.8) is 0 Å². The van der Waals surface area contributed by atoms with E-state index >= 15 is 0 Å². The lowest BCUT2D eigenvalue weighted by atomic mass is 10.2. The molecule has 1 fully saturated rings. The van der Waals surface area contributed by atoms with Gasteiger partial charge in [-0.05, 0) is 18.2 Å². The van der Waals surface area contributed by atoms with Gasteiger partial charge in [0.1, 0.15) is 12.4 Å². The number of hydrogen-bond acceptors (Lipinski definition) is 6. The molecule has 1 aliphatic rings. The van der Waals surface area contributed by atoms with Gasteiger partial charge in [0.05, 0.1) is 5.56 Å². The van der Waals surface area contributed by atoms with E-state index in [2.05, 4.69) is 20.0 Å². The number of carbonyl (C=O) groups is 1. The second-order valence-corrected chi connectivity index (χ2v) is 5.48. The molecule has 1 saturated heterocycles. The van der Waals surface area contributed by atoms with Gasteiger partial charge in [0, 0.05) is 24.1 Å². The Bertz CT molecular complexity index is 565.